The largest absolute Gasteiger partial charge is 0.343 e. The highest BCUT2D eigenvalue weighted by atomic mass is 79.9. The first-order valence-corrected chi connectivity index (χ1v) is 12.2. The van der Waals surface area contributed by atoms with E-state index in [1.807, 2.05) is 29.7 Å². The Morgan fingerprint density at radius 2 is 1.82 bits per heavy atom. The second kappa shape index (κ2) is 8.19. The lowest BCUT2D eigenvalue weighted by Crippen LogP contribution is -2.10. The zero-order valence-electron chi connectivity index (χ0n) is 15.3. The van der Waals surface area contributed by atoms with Crippen LogP contribution in [-0.2, 0) is 16.4 Å². The van der Waals surface area contributed by atoms with Crippen LogP contribution in [0.25, 0.3) is 10.9 Å². The fourth-order valence-corrected chi connectivity index (χ4v) is 4.97. The lowest BCUT2D eigenvalue weighted by atomic mass is 10.0. The predicted molar refractivity (Wildman–Crippen MR) is 119 cm³/mol. The summed E-state index contributed by atoms with van der Waals surface area (Å²) in [7, 11) is -3.06. The van der Waals surface area contributed by atoms with Gasteiger partial charge < -0.3 is 4.57 Å². The number of benzene rings is 2. The molecule has 0 spiro atoms. The molecule has 0 atom stereocenters. The van der Waals surface area contributed by atoms with Crippen molar-refractivity contribution in [3.8, 4) is 0 Å². The number of carbonyl (C=O) groups is 1. The molecule has 0 aliphatic heterocycles. The summed E-state index contributed by atoms with van der Waals surface area (Å²) >= 11 is 15.9. The smallest absolute Gasteiger partial charge is 0.197 e. The van der Waals surface area contributed by atoms with Crippen LogP contribution in [0.3, 0.4) is 0 Å². The summed E-state index contributed by atoms with van der Waals surface area (Å²) in [6, 6.07) is 10.6. The highest BCUT2D eigenvalue weighted by Gasteiger charge is 2.24. The Morgan fingerprint density at radius 3 is 2.50 bits per heavy atom. The summed E-state index contributed by atoms with van der Waals surface area (Å²) in [4.78, 5) is 13.3. The van der Waals surface area contributed by atoms with Crippen molar-refractivity contribution in [1.82, 2.24) is 4.57 Å². The van der Waals surface area contributed by atoms with Crippen LogP contribution in [0.4, 0.5) is 0 Å². The molecule has 0 amide bonds. The van der Waals surface area contributed by atoms with Gasteiger partial charge in [0, 0.05) is 33.9 Å². The zero-order valence-corrected chi connectivity index (χ0v) is 19.2. The second-order valence-corrected chi connectivity index (χ2v) is 10.6. The molecule has 3 rings (SSSR count). The van der Waals surface area contributed by atoms with E-state index in [-0.39, 0.29) is 16.6 Å². The molecule has 1 aromatic heterocycles. The first-order valence-electron chi connectivity index (χ1n) is 8.55. The molecule has 148 valence electrons. The third-order valence-corrected chi connectivity index (χ3v) is 7.10. The highest BCUT2D eigenvalue weighted by Crippen LogP contribution is 2.35. The molecule has 8 heteroatoms. The first-order chi connectivity index (χ1) is 13.1. The summed E-state index contributed by atoms with van der Waals surface area (Å²) in [5.41, 5.74) is 2.50. The van der Waals surface area contributed by atoms with Gasteiger partial charge in [0.2, 0.25) is 0 Å². The Balaban J connectivity index is 2.16. The molecule has 2 aromatic carbocycles. The number of nitrogens with zero attached hydrogens (tertiary/aromatic N) is 1. The molecule has 0 unspecified atom stereocenters. The van der Waals surface area contributed by atoms with Crippen molar-refractivity contribution in [2.75, 3.05) is 12.0 Å². The number of fused-ring (bicyclic) bond motifs is 1. The normalized spacial score (nSPS) is 11.9. The summed E-state index contributed by atoms with van der Waals surface area (Å²) in [6.45, 7) is 2.34. The lowest BCUT2D eigenvalue weighted by molar-refractivity contribution is 0.103. The van der Waals surface area contributed by atoms with Gasteiger partial charge in [0.05, 0.1) is 26.9 Å². The summed E-state index contributed by atoms with van der Waals surface area (Å²) in [6.07, 6.45) is 1.68. The number of hydrogen-bond acceptors (Lipinski definition) is 3. The number of halogens is 3. The molecular weight excluding hydrogens is 485 g/mol. The van der Waals surface area contributed by atoms with Crippen molar-refractivity contribution in [3.05, 3.63) is 67.7 Å². The van der Waals surface area contributed by atoms with Crippen molar-refractivity contribution in [2.24, 2.45) is 0 Å². The number of hydrogen-bond donors (Lipinski definition) is 0. The van der Waals surface area contributed by atoms with Crippen molar-refractivity contribution < 1.29 is 13.2 Å². The Labute approximate surface area is 182 Å². The summed E-state index contributed by atoms with van der Waals surface area (Å²) in [5.74, 6) is -0.130. The molecule has 3 aromatic rings. The maximum absolute atomic E-state index is 13.3. The van der Waals surface area contributed by atoms with Crippen LogP contribution in [-0.4, -0.2) is 30.8 Å². The molecule has 4 nitrogen and oxygen atoms in total. The second-order valence-electron chi connectivity index (χ2n) is 6.66. The van der Waals surface area contributed by atoms with Gasteiger partial charge in [-0.3, -0.25) is 4.79 Å². The van der Waals surface area contributed by atoms with Gasteiger partial charge in [0.15, 0.2) is 5.78 Å². The van der Waals surface area contributed by atoms with Gasteiger partial charge in [0.25, 0.3) is 0 Å². The molecule has 0 aliphatic rings. The number of ketones is 1. The molecule has 0 fully saturated rings. The molecular formula is C20H18BrCl2NO3S. The Hall–Kier alpha value is -1.34. The van der Waals surface area contributed by atoms with Gasteiger partial charge >= 0.3 is 0 Å². The minimum atomic E-state index is -3.06. The zero-order chi connectivity index (χ0) is 20.6. The van der Waals surface area contributed by atoms with E-state index in [0.29, 0.717) is 29.1 Å². The molecule has 0 radical (unpaired) electrons. The molecule has 28 heavy (non-hydrogen) atoms. The molecule has 0 saturated heterocycles. The topological polar surface area (TPSA) is 56.1 Å². The molecule has 0 N–H and O–H groups in total. The fraction of sp³-hybridized carbons (Fsp3) is 0.250. The van der Waals surface area contributed by atoms with E-state index < -0.39 is 9.84 Å². The lowest BCUT2D eigenvalue weighted by Gasteiger charge is -2.09. The Morgan fingerprint density at radius 1 is 1.14 bits per heavy atom. The van der Waals surface area contributed by atoms with Gasteiger partial charge in [-0.25, -0.2) is 8.42 Å². The van der Waals surface area contributed by atoms with Crippen LogP contribution in [0.2, 0.25) is 10.0 Å². The number of aromatic nitrogens is 1. The molecule has 0 saturated carbocycles. The van der Waals surface area contributed by atoms with Crippen molar-refractivity contribution >= 4 is 65.7 Å². The van der Waals surface area contributed by atoms with E-state index in [2.05, 4.69) is 15.9 Å². The Bertz CT molecular complexity index is 1190. The van der Waals surface area contributed by atoms with Gasteiger partial charge in [-0.15, -0.1) is 0 Å². The van der Waals surface area contributed by atoms with Gasteiger partial charge in [0.1, 0.15) is 9.84 Å². The van der Waals surface area contributed by atoms with Crippen molar-refractivity contribution in [2.45, 2.75) is 19.9 Å². The molecule has 1 heterocycles. The van der Waals surface area contributed by atoms with E-state index in [1.54, 1.807) is 18.2 Å². The standard InChI is InChI=1S/C20H18BrCl2NO3S/c1-12-17(20(25)14-7-4-9-16(22)18(14)23)13-6-3-8-15(21)19(13)24(12)10-5-11-28(2,26)27/h3-4,6-9H,5,10-11H2,1-2H3. The number of sulfone groups is 1. The fourth-order valence-electron chi connectivity index (χ4n) is 3.35. The van der Waals surface area contributed by atoms with E-state index in [0.717, 1.165) is 21.1 Å². The number of rotatable bonds is 6. The third kappa shape index (κ3) is 4.15. The SMILES string of the molecule is Cc1c(C(=O)c2cccc(Cl)c2Cl)c2cccc(Br)c2n1CCCS(C)(=O)=O. The quantitative estimate of drug-likeness (QED) is 0.407. The number of carbonyl (C=O) groups excluding carboxylic acids is 1. The van der Waals surface area contributed by atoms with Gasteiger partial charge in [-0.1, -0.05) is 41.4 Å². The average Bonchev–Trinajstić information content (AvgIpc) is 2.89. The third-order valence-electron chi connectivity index (χ3n) is 4.61. The molecule has 0 bridgehead atoms. The van der Waals surface area contributed by atoms with Gasteiger partial charge in [-0.05, 0) is 47.5 Å². The minimum Gasteiger partial charge on any atom is -0.343 e. The van der Waals surface area contributed by atoms with Crippen LogP contribution in [0.5, 0.6) is 0 Å². The summed E-state index contributed by atoms with van der Waals surface area (Å²) in [5, 5.41) is 1.33. The van der Waals surface area contributed by atoms with Gasteiger partial charge in [-0.2, -0.15) is 0 Å². The van der Waals surface area contributed by atoms with E-state index in [1.165, 1.54) is 6.26 Å². The monoisotopic (exact) mass is 501 g/mol. The minimum absolute atomic E-state index is 0.0833. The maximum Gasteiger partial charge on any atom is 0.197 e. The van der Waals surface area contributed by atoms with Crippen molar-refractivity contribution in [1.29, 1.82) is 0 Å². The molecule has 0 aliphatic carbocycles. The number of para-hydroxylation sites is 1. The Kier molecular flexibility index (Phi) is 6.25. The van der Waals surface area contributed by atoms with Crippen LogP contribution in [0, 0.1) is 6.92 Å². The first kappa shape index (κ1) is 21.4. The predicted octanol–water partition coefficient (Wildman–Crippen LogP) is 5.68. The van der Waals surface area contributed by atoms with Crippen molar-refractivity contribution in [3.63, 3.8) is 0 Å². The van der Waals surface area contributed by atoms with E-state index >= 15 is 0 Å². The highest BCUT2D eigenvalue weighted by molar-refractivity contribution is 9.10. The van der Waals surface area contributed by atoms with Crippen LogP contribution in [0.1, 0.15) is 28.0 Å². The average molecular weight is 503 g/mol. The van der Waals surface area contributed by atoms with Crippen LogP contribution in [0.15, 0.2) is 40.9 Å². The maximum atomic E-state index is 13.3. The van der Waals surface area contributed by atoms with Crippen LogP contribution < -0.4 is 0 Å². The van der Waals surface area contributed by atoms with E-state index in [9.17, 15) is 13.2 Å². The van der Waals surface area contributed by atoms with E-state index in [4.69, 9.17) is 23.2 Å². The van der Waals surface area contributed by atoms with Crippen LogP contribution >= 0.6 is 39.1 Å². The summed E-state index contributed by atoms with van der Waals surface area (Å²) < 4.78 is 25.8. The number of aryl methyl sites for hydroxylation is 1.